The number of likely N-dealkylation sites (N-methyl/N-ethyl adjacent to an activating group) is 1. The minimum absolute atomic E-state index is 0.236. The first kappa shape index (κ1) is 15.3. The number of nitrogens with two attached hydrogens (primary N) is 1. The van der Waals surface area contributed by atoms with Crippen LogP contribution in [-0.2, 0) is 0 Å². The molecule has 0 saturated carbocycles. The van der Waals surface area contributed by atoms with Crippen molar-refractivity contribution in [3.8, 4) is 5.75 Å². The van der Waals surface area contributed by atoms with Gasteiger partial charge in [0.25, 0.3) is 0 Å². The first-order valence-electron chi connectivity index (χ1n) is 7.98. The molecule has 0 spiro atoms. The van der Waals surface area contributed by atoms with Crippen molar-refractivity contribution in [3.05, 3.63) is 29.8 Å². The standard InChI is InChI=1S/C17H28N2O/c1-3-13-20-15-10-8-14(9-11-15)17-16(18)7-5-6-12-19(17)4-2/h8-11,16-17H,3-7,12-13,18H2,1-2H3. The molecular formula is C17H28N2O. The fourth-order valence-corrected chi connectivity index (χ4v) is 3.06. The van der Waals surface area contributed by atoms with Gasteiger partial charge in [0.15, 0.2) is 0 Å². The third-order valence-corrected chi connectivity index (χ3v) is 4.13. The summed E-state index contributed by atoms with van der Waals surface area (Å²) in [5, 5.41) is 0. The third-order valence-electron chi connectivity index (χ3n) is 4.13. The van der Waals surface area contributed by atoms with Crippen LogP contribution in [-0.4, -0.2) is 30.6 Å². The van der Waals surface area contributed by atoms with E-state index in [1.165, 1.54) is 18.4 Å². The first-order chi connectivity index (χ1) is 9.76. The molecule has 1 saturated heterocycles. The predicted octanol–water partition coefficient (Wildman–Crippen LogP) is 3.35. The van der Waals surface area contributed by atoms with Crippen LogP contribution in [0.3, 0.4) is 0 Å². The molecule has 1 aromatic carbocycles. The topological polar surface area (TPSA) is 38.5 Å². The summed E-state index contributed by atoms with van der Waals surface area (Å²) in [5.74, 6) is 0.959. The Kier molecular flexibility index (Phi) is 5.86. The van der Waals surface area contributed by atoms with Crippen LogP contribution >= 0.6 is 0 Å². The van der Waals surface area contributed by atoms with Crippen LogP contribution in [0, 0.1) is 0 Å². The van der Waals surface area contributed by atoms with Crippen molar-refractivity contribution < 1.29 is 4.74 Å². The van der Waals surface area contributed by atoms with Crippen LogP contribution in [0.1, 0.15) is 51.1 Å². The van der Waals surface area contributed by atoms with Gasteiger partial charge in [0.2, 0.25) is 0 Å². The van der Waals surface area contributed by atoms with Gasteiger partial charge in [-0.15, -0.1) is 0 Å². The second kappa shape index (κ2) is 7.65. The van der Waals surface area contributed by atoms with Gasteiger partial charge in [0, 0.05) is 12.1 Å². The minimum Gasteiger partial charge on any atom is -0.494 e. The van der Waals surface area contributed by atoms with Gasteiger partial charge >= 0.3 is 0 Å². The molecule has 0 aromatic heterocycles. The summed E-state index contributed by atoms with van der Waals surface area (Å²) in [5.41, 5.74) is 7.75. The molecule has 1 heterocycles. The van der Waals surface area contributed by atoms with Gasteiger partial charge in [-0.2, -0.15) is 0 Å². The molecule has 20 heavy (non-hydrogen) atoms. The van der Waals surface area contributed by atoms with E-state index in [-0.39, 0.29) is 6.04 Å². The lowest BCUT2D eigenvalue weighted by Gasteiger charge is -2.33. The molecule has 0 radical (unpaired) electrons. The third kappa shape index (κ3) is 3.74. The van der Waals surface area contributed by atoms with E-state index in [9.17, 15) is 0 Å². The van der Waals surface area contributed by atoms with Crippen molar-refractivity contribution in [2.75, 3.05) is 19.7 Å². The van der Waals surface area contributed by atoms with Gasteiger partial charge < -0.3 is 10.5 Å². The van der Waals surface area contributed by atoms with E-state index in [1.54, 1.807) is 0 Å². The SMILES string of the molecule is CCCOc1ccc(C2C(N)CCCCN2CC)cc1. The number of nitrogens with zero attached hydrogens (tertiary/aromatic N) is 1. The average molecular weight is 276 g/mol. The van der Waals surface area contributed by atoms with Crippen LogP contribution in [0.25, 0.3) is 0 Å². The van der Waals surface area contributed by atoms with Crippen molar-refractivity contribution in [2.45, 2.75) is 51.6 Å². The van der Waals surface area contributed by atoms with Crippen molar-refractivity contribution in [2.24, 2.45) is 5.73 Å². The molecular weight excluding hydrogens is 248 g/mol. The number of benzene rings is 1. The molecule has 1 aliphatic heterocycles. The maximum absolute atomic E-state index is 6.42. The molecule has 0 aliphatic carbocycles. The van der Waals surface area contributed by atoms with E-state index in [4.69, 9.17) is 10.5 Å². The number of likely N-dealkylation sites (tertiary alicyclic amines) is 1. The van der Waals surface area contributed by atoms with Crippen LogP contribution in [0.2, 0.25) is 0 Å². The Morgan fingerprint density at radius 1 is 1.20 bits per heavy atom. The second-order valence-electron chi connectivity index (χ2n) is 5.65. The zero-order chi connectivity index (χ0) is 14.4. The minimum atomic E-state index is 0.236. The Hall–Kier alpha value is -1.06. The Bertz CT molecular complexity index is 390. The molecule has 2 rings (SSSR count). The summed E-state index contributed by atoms with van der Waals surface area (Å²) in [6.07, 6.45) is 4.66. The first-order valence-corrected chi connectivity index (χ1v) is 7.98. The molecule has 0 amide bonds. The van der Waals surface area contributed by atoms with Crippen molar-refractivity contribution in [1.29, 1.82) is 0 Å². The van der Waals surface area contributed by atoms with E-state index in [0.717, 1.165) is 38.3 Å². The lowest BCUT2D eigenvalue weighted by Crippen LogP contribution is -2.39. The van der Waals surface area contributed by atoms with E-state index < -0.39 is 0 Å². The maximum Gasteiger partial charge on any atom is 0.119 e. The molecule has 3 nitrogen and oxygen atoms in total. The smallest absolute Gasteiger partial charge is 0.119 e. The summed E-state index contributed by atoms with van der Waals surface area (Å²) >= 11 is 0. The van der Waals surface area contributed by atoms with Gasteiger partial charge in [-0.1, -0.05) is 32.4 Å². The van der Waals surface area contributed by atoms with E-state index >= 15 is 0 Å². The molecule has 1 aromatic rings. The Labute approximate surface area is 123 Å². The van der Waals surface area contributed by atoms with Gasteiger partial charge in [0.05, 0.1) is 6.61 Å². The quantitative estimate of drug-likeness (QED) is 0.896. The second-order valence-corrected chi connectivity index (χ2v) is 5.65. The van der Waals surface area contributed by atoms with Gasteiger partial charge in [0.1, 0.15) is 5.75 Å². The molecule has 1 aliphatic rings. The highest BCUT2D eigenvalue weighted by Gasteiger charge is 2.27. The zero-order valence-corrected chi connectivity index (χ0v) is 12.8. The van der Waals surface area contributed by atoms with Crippen molar-refractivity contribution in [1.82, 2.24) is 4.90 Å². The van der Waals surface area contributed by atoms with E-state index in [2.05, 4.69) is 43.0 Å². The molecule has 3 heteroatoms. The van der Waals surface area contributed by atoms with Crippen molar-refractivity contribution in [3.63, 3.8) is 0 Å². The molecule has 1 fully saturated rings. The number of hydrogen-bond donors (Lipinski definition) is 1. The Balaban J connectivity index is 2.14. The molecule has 2 atom stereocenters. The van der Waals surface area contributed by atoms with E-state index in [1.807, 2.05) is 0 Å². The molecule has 2 unspecified atom stereocenters. The fraction of sp³-hybridized carbons (Fsp3) is 0.647. The fourth-order valence-electron chi connectivity index (χ4n) is 3.06. The van der Waals surface area contributed by atoms with Gasteiger partial charge in [-0.05, 0) is 50.0 Å². The summed E-state index contributed by atoms with van der Waals surface area (Å²) in [6.45, 7) is 7.35. The lowest BCUT2D eigenvalue weighted by molar-refractivity contribution is 0.195. The molecule has 2 N–H and O–H groups in total. The highest BCUT2D eigenvalue weighted by atomic mass is 16.5. The van der Waals surface area contributed by atoms with Crippen LogP contribution in [0.15, 0.2) is 24.3 Å². The lowest BCUT2D eigenvalue weighted by atomic mass is 9.96. The van der Waals surface area contributed by atoms with Gasteiger partial charge in [-0.25, -0.2) is 0 Å². The Morgan fingerprint density at radius 3 is 2.60 bits per heavy atom. The van der Waals surface area contributed by atoms with Crippen LogP contribution < -0.4 is 10.5 Å². The average Bonchev–Trinajstić information content (AvgIpc) is 2.67. The summed E-state index contributed by atoms with van der Waals surface area (Å²) in [6, 6.07) is 9.11. The Morgan fingerprint density at radius 2 is 1.95 bits per heavy atom. The number of hydrogen-bond acceptors (Lipinski definition) is 3. The molecule has 112 valence electrons. The monoisotopic (exact) mass is 276 g/mol. The maximum atomic E-state index is 6.42. The van der Waals surface area contributed by atoms with Crippen LogP contribution in [0.5, 0.6) is 5.75 Å². The highest BCUT2D eigenvalue weighted by Crippen LogP contribution is 2.30. The van der Waals surface area contributed by atoms with E-state index in [0.29, 0.717) is 6.04 Å². The summed E-state index contributed by atoms with van der Waals surface area (Å²) in [7, 11) is 0. The molecule has 0 bridgehead atoms. The van der Waals surface area contributed by atoms with Gasteiger partial charge in [-0.3, -0.25) is 4.90 Å². The number of rotatable bonds is 5. The normalized spacial score (nSPS) is 24.4. The number of ether oxygens (including phenoxy) is 1. The predicted molar refractivity (Wildman–Crippen MR) is 84.0 cm³/mol. The summed E-state index contributed by atoms with van der Waals surface area (Å²) in [4.78, 5) is 2.51. The van der Waals surface area contributed by atoms with Crippen molar-refractivity contribution >= 4 is 0 Å². The highest BCUT2D eigenvalue weighted by molar-refractivity contribution is 5.30. The van der Waals surface area contributed by atoms with Crippen LogP contribution in [0.4, 0.5) is 0 Å². The zero-order valence-electron chi connectivity index (χ0n) is 12.8. The summed E-state index contributed by atoms with van der Waals surface area (Å²) < 4.78 is 5.66. The largest absolute Gasteiger partial charge is 0.494 e.